The summed E-state index contributed by atoms with van der Waals surface area (Å²) in [6.45, 7) is 6.40. The Morgan fingerprint density at radius 1 is 1.12 bits per heavy atom. The van der Waals surface area contributed by atoms with E-state index in [2.05, 4.69) is 29.2 Å². The lowest BCUT2D eigenvalue weighted by atomic mass is 9.95. The van der Waals surface area contributed by atoms with Crippen LogP contribution >= 0.6 is 11.3 Å². The highest BCUT2D eigenvalue weighted by Gasteiger charge is 2.18. The molecule has 1 amide bonds. The molecule has 0 aliphatic rings. The van der Waals surface area contributed by atoms with Crippen LogP contribution in [0.15, 0.2) is 65.5 Å². The van der Waals surface area contributed by atoms with Crippen LogP contribution in [0.2, 0.25) is 0 Å². The predicted molar refractivity (Wildman–Crippen MR) is 135 cm³/mol. The first-order valence-electron chi connectivity index (χ1n) is 11.4. The van der Waals surface area contributed by atoms with Crippen LogP contribution in [0.25, 0.3) is 4.96 Å². The highest BCUT2D eigenvalue weighted by atomic mass is 32.1. The number of benzene rings is 2. The molecule has 0 aliphatic carbocycles. The molecule has 1 atom stereocenters. The van der Waals surface area contributed by atoms with Crippen molar-refractivity contribution >= 4 is 27.9 Å². The van der Waals surface area contributed by atoms with Gasteiger partial charge in [0, 0.05) is 18.2 Å². The van der Waals surface area contributed by atoms with Gasteiger partial charge in [0.2, 0.25) is 10.9 Å². The van der Waals surface area contributed by atoms with E-state index in [0.29, 0.717) is 34.4 Å². The van der Waals surface area contributed by atoms with Crippen molar-refractivity contribution in [3.05, 3.63) is 87.3 Å². The molecular weight excluding hydrogens is 448 g/mol. The van der Waals surface area contributed by atoms with Crippen LogP contribution in [-0.4, -0.2) is 20.5 Å². The van der Waals surface area contributed by atoms with E-state index in [1.54, 1.807) is 24.3 Å². The van der Waals surface area contributed by atoms with Crippen LogP contribution in [0.5, 0.6) is 5.75 Å². The molecule has 7 nitrogen and oxygen atoms in total. The molecular formula is C26H28N4O3S. The molecule has 0 bridgehead atoms. The molecule has 0 saturated carbocycles. The number of hydrogen-bond acceptors (Lipinski definition) is 6. The number of fused-ring (bicyclic) bond motifs is 1. The maximum atomic E-state index is 12.8. The van der Waals surface area contributed by atoms with Gasteiger partial charge in [-0.05, 0) is 42.2 Å². The average molecular weight is 477 g/mol. The Hall–Kier alpha value is -3.52. The molecule has 34 heavy (non-hydrogen) atoms. The number of rotatable bonds is 9. The fraction of sp³-hybridized carbons (Fsp3) is 0.308. The van der Waals surface area contributed by atoms with Crippen molar-refractivity contribution in [2.75, 3.05) is 5.32 Å². The molecule has 2 aromatic carbocycles. The molecule has 0 spiro atoms. The summed E-state index contributed by atoms with van der Waals surface area (Å²) >= 11 is 1.43. The Bertz CT molecular complexity index is 1310. The second kappa shape index (κ2) is 10.6. The maximum absolute atomic E-state index is 12.8. The predicted octanol–water partition coefficient (Wildman–Crippen LogP) is 5.06. The standard InChI is InChI=1S/C26H28N4O3S/c1-4-22(18-8-6-5-7-9-18)25(32)27-19-10-12-21(13-11-19)33-16-20-15-24(31)30-26(28-20)34-23(29-30)14-17(2)3/h5-13,15,17,22H,4,14,16H2,1-3H3,(H,27,32). The summed E-state index contributed by atoms with van der Waals surface area (Å²) in [4.78, 5) is 30.3. The second-order valence-electron chi connectivity index (χ2n) is 8.55. The van der Waals surface area contributed by atoms with E-state index in [1.807, 2.05) is 37.3 Å². The minimum absolute atomic E-state index is 0.0401. The minimum atomic E-state index is -0.211. The van der Waals surface area contributed by atoms with Crippen LogP contribution in [0.1, 0.15) is 49.4 Å². The average Bonchev–Trinajstić information content (AvgIpc) is 3.22. The smallest absolute Gasteiger partial charge is 0.275 e. The maximum Gasteiger partial charge on any atom is 0.275 e. The number of nitrogens with one attached hydrogen (secondary N) is 1. The Morgan fingerprint density at radius 2 is 1.85 bits per heavy atom. The summed E-state index contributed by atoms with van der Waals surface area (Å²) in [6, 6.07) is 18.4. The number of carbonyl (C=O) groups is 1. The lowest BCUT2D eigenvalue weighted by Gasteiger charge is -2.15. The molecule has 4 aromatic rings. The molecule has 2 aromatic heterocycles. The van der Waals surface area contributed by atoms with Crippen molar-refractivity contribution in [1.29, 1.82) is 0 Å². The third kappa shape index (κ3) is 5.69. The van der Waals surface area contributed by atoms with Crippen molar-refractivity contribution in [3.63, 3.8) is 0 Å². The van der Waals surface area contributed by atoms with Crippen LogP contribution in [0, 0.1) is 5.92 Å². The van der Waals surface area contributed by atoms with Gasteiger partial charge in [0.15, 0.2) is 0 Å². The van der Waals surface area contributed by atoms with E-state index in [-0.39, 0.29) is 24.0 Å². The van der Waals surface area contributed by atoms with Gasteiger partial charge in [0.25, 0.3) is 5.56 Å². The number of ether oxygens (including phenoxy) is 1. The largest absolute Gasteiger partial charge is 0.487 e. The monoisotopic (exact) mass is 476 g/mol. The van der Waals surface area contributed by atoms with E-state index in [1.165, 1.54) is 21.9 Å². The lowest BCUT2D eigenvalue weighted by Crippen LogP contribution is -2.20. The van der Waals surface area contributed by atoms with Gasteiger partial charge in [-0.25, -0.2) is 4.98 Å². The summed E-state index contributed by atoms with van der Waals surface area (Å²) in [6.07, 6.45) is 1.53. The van der Waals surface area contributed by atoms with Gasteiger partial charge < -0.3 is 10.1 Å². The van der Waals surface area contributed by atoms with E-state index in [0.717, 1.165) is 17.0 Å². The first kappa shape index (κ1) is 23.6. The van der Waals surface area contributed by atoms with E-state index in [9.17, 15) is 9.59 Å². The third-order valence-corrected chi connectivity index (χ3v) is 6.29. The van der Waals surface area contributed by atoms with Crippen molar-refractivity contribution in [1.82, 2.24) is 14.6 Å². The summed E-state index contributed by atoms with van der Waals surface area (Å²) in [5.74, 6) is 0.838. The molecule has 0 fully saturated rings. The van der Waals surface area contributed by atoms with Gasteiger partial charge in [-0.3, -0.25) is 9.59 Å². The Balaban J connectivity index is 1.38. The number of hydrogen-bond donors (Lipinski definition) is 1. The number of amides is 1. The van der Waals surface area contributed by atoms with Crippen molar-refractivity contribution in [3.8, 4) is 5.75 Å². The molecule has 4 rings (SSSR count). The van der Waals surface area contributed by atoms with Crippen LogP contribution < -0.4 is 15.6 Å². The number of nitrogens with zero attached hydrogens (tertiary/aromatic N) is 3. The van der Waals surface area contributed by atoms with Crippen molar-refractivity contribution in [2.45, 2.75) is 46.1 Å². The molecule has 1 N–H and O–H groups in total. The van der Waals surface area contributed by atoms with E-state index >= 15 is 0 Å². The van der Waals surface area contributed by atoms with Crippen molar-refractivity contribution in [2.24, 2.45) is 5.92 Å². The van der Waals surface area contributed by atoms with E-state index in [4.69, 9.17) is 4.74 Å². The summed E-state index contributed by atoms with van der Waals surface area (Å²) in [7, 11) is 0. The molecule has 0 radical (unpaired) electrons. The quantitative estimate of drug-likeness (QED) is 0.365. The van der Waals surface area contributed by atoms with Gasteiger partial charge in [0.1, 0.15) is 17.4 Å². The zero-order valence-corrected chi connectivity index (χ0v) is 20.3. The van der Waals surface area contributed by atoms with Gasteiger partial charge in [-0.1, -0.05) is 62.4 Å². The highest BCUT2D eigenvalue weighted by molar-refractivity contribution is 7.16. The zero-order chi connectivity index (χ0) is 24.1. The lowest BCUT2D eigenvalue weighted by molar-refractivity contribution is -0.117. The van der Waals surface area contributed by atoms with Gasteiger partial charge in [-0.2, -0.15) is 9.61 Å². The molecule has 2 heterocycles. The SMILES string of the molecule is CCC(C(=O)Nc1ccc(OCc2cc(=O)n3nc(CC(C)C)sc3n2)cc1)c1ccccc1. The molecule has 1 unspecified atom stereocenters. The summed E-state index contributed by atoms with van der Waals surface area (Å²) in [5.41, 5.74) is 2.04. The Morgan fingerprint density at radius 3 is 2.53 bits per heavy atom. The third-order valence-electron chi connectivity index (χ3n) is 5.36. The molecule has 0 saturated heterocycles. The minimum Gasteiger partial charge on any atom is -0.487 e. The molecule has 8 heteroatoms. The molecule has 0 aliphatic heterocycles. The van der Waals surface area contributed by atoms with Crippen LogP contribution in [0.4, 0.5) is 5.69 Å². The van der Waals surface area contributed by atoms with Gasteiger partial charge in [0.05, 0.1) is 11.6 Å². The van der Waals surface area contributed by atoms with E-state index < -0.39 is 0 Å². The molecule has 176 valence electrons. The van der Waals surface area contributed by atoms with Gasteiger partial charge in [-0.15, -0.1) is 0 Å². The number of carbonyl (C=O) groups excluding carboxylic acids is 1. The zero-order valence-electron chi connectivity index (χ0n) is 19.5. The first-order valence-corrected chi connectivity index (χ1v) is 12.2. The van der Waals surface area contributed by atoms with Gasteiger partial charge >= 0.3 is 0 Å². The second-order valence-corrected chi connectivity index (χ2v) is 9.59. The Labute approximate surface area is 202 Å². The van der Waals surface area contributed by atoms with Crippen molar-refractivity contribution < 1.29 is 9.53 Å². The summed E-state index contributed by atoms with van der Waals surface area (Å²) in [5, 5.41) is 8.24. The highest BCUT2D eigenvalue weighted by Crippen LogP contribution is 2.23. The number of anilines is 1. The summed E-state index contributed by atoms with van der Waals surface area (Å²) < 4.78 is 7.18. The normalized spacial score (nSPS) is 12.1. The number of aromatic nitrogens is 3. The Kier molecular flexibility index (Phi) is 7.37. The van der Waals surface area contributed by atoms with Crippen LogP contribution in [0.3, 0.4) is 0 Å². The topological polar surface area (TPSA) is 85.6 Å². The fourth-order valence-electron chi connectivity index (χ4n) is 3.68. The fourth-order valence-corrected chi connectivity index (χ4v) is 4.81. The first-order chi connectivity index (χ1) is 16.4. The van der Waals surface area contributed by atoms with Crippen LogP contribution in [-0.2, 0) is 17.8 Å².